The monoisotopic (exact) mass is 546 g/mol. The number of benzene rings is 3. The molecule has 2 atom stereocenters. The molecule has 9 heteroatoms. The molecule has 0 radical (unpaired) electrons. The van der Waals surface area contributed by atoms with Gasteiger partial charge in [-0.05, 0) is 73.5 Å². The van der Waals surface area contributed by atoms with E-state index < -0.39 is 17.7 Å². The minimum absolute atomic E-state index is 0.00311. The topological polar surface area (TPSA) is 89.0 Å². The molecule has 0 saturated carbocycles. The normalized spacial score (nSPS) is 20.1. The first-order valence-corrected chi connectivity index (χ1v) is 13.4. The lowest BCUT2D eigenvalue weighted by Gasteiger charge is -2.23. The van der Waals surface area contributed by atoms with Gasteiger partial charge in [0, 0.05) is 17.0 Å². The van der Waals surface area contributed by atoms with E-state index in [4.69, 9.17) is 21.1 Å². The van der Waals surface area contributed by atoms with Gasteiger partial charge in [-0.2, -0.15) is 0 Å². The Morgan fingerprint density at radius 3 is 2.71 bits per heavy atom. The number of rotatable bonds is 5. The minimum Gasteiger partial charge on any atom is -0.507 e. The molecule has 1 saturated heterocycles. The predicted octanol–water partition coefficient (Wildman–Crippen LogP) is 6.30. The van der Waals surface area contributed by atoms with Gasteiger partial charge in [0.1, 0.15) is 23.4 Å². The van der Waals surface area contributed by atoms with E-state index in [2.05, 4.69) is 4.98 Å². The van der Waals surface area contributed by atoms with Crippen molar-refractivity contribution in [3.63, 3.8) is 0 Å². The average Bonchev–Trinajstić information content (AvgIpc) is 3.56. The second-order valence-corrected chi connectivity index (χ2v) is 10.7. The number of carbonyl (C=O) groups excluding carboxylic acids is 2. The van der Waals surface area contributed by atoms with Crippen LogP contribution in [0.5, 0.6) is 11.5 Å². The van der Waals surface area contributed by atoms with Gasteiger partial charge in [-0.25, -0.2) is 4.98 Å². The maximum Gasteiger partial charge on any atom is 0.301 e. The summed E-state index contributed by atoms with van der Waals surface area (Å²) in [5, 5.41) is 12.4. The molecular formula is C29H23ClN2O5S. The van der Waals surface area contributed by atoms with Gasteiger partial charge in [0.2, 0.25) is 0 Å². The van der Waals surface area contributed by atoms with Crippen LogP contribution in [0.25, 0.3) is 16.0 Å². The lowest BCUT2D eigenvalue weighted by molar-refractivity contribution is -0.132. The third-order valence-corrected chi connectivity index (χ3v) is 7.92. The highest BCUT2D eigenvalue weighted by molar-refractivity contribution is 7.22. The molecule has 2 aliphatic rings. The van der Waals surface area contributed by atoms with Crippen LogP contribution in [0.4, 0.5) is 5.13 Å². The van der Waals surface area contributed by atoms with Crippen molar-refractivity contribution in [2.24, 2.45) is 0 Å². The highest BCUT2D eigenvalue weighted by Gasteiger charge is 2.48. The number of ketones is 1. The predicted molar refractivity (Wildman–Crippen MR) is 147 cm³/mol. The average molecular weight is 547 g/mol. The minimum atomic E-state index is -0.884. The fraction of sp³-hybridized carbons (Fsp3) is 0.207. The van der Waals surface area contributed by atoms with E-state index in [9.17, 15) is 14.7 Å². The maximum absolute atomic E-state index is 13.5. The molecule has 2 unspecified atom stereocenters. The molecule has 6 rings (SSSR count). The van der Waals surface area contributed by atoms with Crippen LogP contribution in [0.1, 0.15) is 36.6 Å². The fourth-order valence-electron chi connectivity index (χ4n) is 4.97. The smallest absolute Gasteiger partial charge is 0.301 e. The zero-order chi connectivity index (χ0) is 26.6. The number of hydrogen-bond donors (Lipinski definition) is 1. The van der Waals surface area contributed by atoms with Crippen molar-refractivity contribution in [2.75, 3.05) is 11.5 Å². The Balaban J connectivity index is 1.51. The number of aromatic nitrogens is 1. The number of ether oxygens (including phenoxy) is 2. The van der Waals surface area contributed by atoms with Crippen LogP contribution in [0, 0.1) is 0 Å². The van der Waals surface area contributed by atoms with Crippen molar-refractivity contribution >= 4 is 55.7 Å². The fourth-order valence-corrected chi connectivity index (χ4v) is 6.24. The molecule has 1 amide bonds. The number of anilines is 1. The van der Waals surface area contributed by atoms with Crippen molar-refractivity contribution in [3.05, 3.63) is 87.9 Å². The van der Waals surface area contributed by atoms with Gasteiger partial charge in [0.25, 0.3) is 5.78 Å². The summed E-state index contributed by atoms with van der Waals surface area (Å²) in [6.45, 7) is 4.37. The molecule has 1 aromatic heterocycles. The Bertz CT molecular complexity index is 1630. The number of Topliss-reactive ketones (excluding diaryl/α,β-unsaturated/α-hetero) is 1. The second-order valence-electron chi connectivity index (χ2n) is 9.23. The first kappa shape index (κ1) is 24.5. The first-order chi connectivity index (χ1) is 18.3. The molecule has 192 valence electrons. The highest BCUT2D eigenvalue weighted by Crippen LogP contribution is 2.45. The number of amides is 1. The van der Waals surface area contributed by atoms with E-state index in [-0.39, 0.29) is 17.4 Å². The summed E-state index contributed by atoms with van der Waals surface area (Å²) in [6, 6.07) is 16.8. The number of thiazole rings is 1. The van der Waals surface area contributed by atoms with E-state index in [1.54, 1.807) is 54.6 Å². The zero-order valence-electron chi connectivity index (χ0n) is 20.6. The molecule has 1 fully saturated rings. The molecule has 4 aromatic rings. The Kier molecular flexibility index (Phi) is 6.08. The van der Waals surface area contributed by atoms with E-state index >= 15 is 0 Å². The van der Waals surface area contributed by atoms with Crippen molar-refractivity contribution in [1.82, 2.24) is 4.98 Å². The van der Waals surface area contributed by atoms with E-state index in [1.807, 2.05) is 19.9 Å². The number of nitrogens with zero attached hydrogens (tertiary/aromatic N) is 2. The molecule has 0 bridgehead atoms. The van der Waals surface area contributed by atoms with Crippen LogP contribution in [-0.2, 0) is 16.0 Å². The van der Waals surface area contributed by atoms with Gasteiger partial charge in [-0.1, -0.05) is 35.1 Å². The Morgan fingerprint density at radius 2 is 1.95 bits per heavy atom. The number of carbonyl (C=O) groups is 2. The summed E-state index contributed by atoms with van der Waals surface area (Å²) in [6.07, 6.45) is 0.728. The number of fused-ring (bicyclic) bond motifs is 2. The number of hydrogen-bond acceptors (Lipinski definition) is 7. The first-order valence-electron chi connectivity index (χ1n) is 12.2. The molecule has 3 heterocycles. The summed E-state index contributed by atoms with van der Waals surface area (Å²) in [7, 11) is 0. The SMILES string of the molecule is CCOc1ccc(C2C(=C(O)c3ccc4c(c3)CC(C)O4)C(=O)C(=O)N2c2nc3ccc(Cl)cc3s2)cc1. The summed E-state index contributed by atoms with van der Waals surface area (Å²) < 4.78 is 12.1. The van der Waals surface area contributed by atoms with E-state index in [0.29, 0.717) is 45.6 Å². The molecule has 38 heavy (non-hydrogen) atoms. The van der Waals surface area contributed by atoms with Crippen LogP contribution in [0.3, 0.4) is 0 Å². The summed E-state index contributed by atoms with van der Waals surface area (Å²) >= 11 is 7.43. The molecule has 3 aromatic carbocycles. The maximum atomic E-state index is 13.5. The van der Waals surface area contributed by atoms with Crippen LogP contribution >= 0.6 is 22.9 Å². The van der Waals surface area contributed by atoms with Crippen LogP contribution < -0.4 is 14.4 Å². The Labute approximate surface area is 227 Å². The second kappa shape index (κ2) is 9.45. The van der Waals surface area contributed by atoms with Crippen molar-refractivity contribution in [3.8, 4) is 11.5 Å². The Hall–Kier alpha value is -3.88. The van der Waals surface area contributed by atoms with E-state index in [1.165, 1.54) is 16.2 Å². The van der Waals surface area contributed by atoms with Gasteiger partial charge in [0.15, 0.2) is 5.13 Å². The molecule has 7 nitrogen and oxygen atoms in total. The van der Waals surface area contributed by atoms with Gasteiger partial charge in [-0.3, -0.25) is 14.5 Å². The largest absolute Gasteiger partial charge is 0.507 e. The molecule has 2 aliphatic heterocycles. The van der Waals surface area contributed by atoms with Crippen molar-refractivity contribution < 1.29 is 24.2 Å². The van der Waals surface area contributed by atoms with Crippen molar-refractivity contribution in [1.29, 1.82) is 0 Å². The molecule has 0 aliphatic carbocycles. The molecular weight excluding hydrogens is 524 g/mol. The number of aliphatic hydroxyl groups is 1. The summed E-state index contributed by atoms with van der Waals surface area (Å²) in [5.74, 6) is -0.352. The lowest BCUT2D eigenvalue weighted by Crippen LogP contribution is -2.29. The highest BCUT2D eigenvalue weighted by atomic mass is 35.5. The standard InChI is InChI=1S/C29H23ClN2O5S/c1-3-36-20-8-4-16(5-9-20)25-24(26(33)17-6-11-22-18(13-17)12-15(2)37-22)27(34)28(35)32(25)29-31-21-10-7-19(30)14-23(21)38-29/h4-11,13-15,25,33H,3,12H2,1-2H3. The Morgan fingerprint density at radius 1 is 1.16 bits per heavy atom. The molecule has 0 spiro atoms. The van der Waals surface area contributed by atoms with Crippen molar-refractivity contribution in [2.45, 2.75) is 32.4 Å². The van der Waals surface area contributed by atoms with Gasteiger partial charge in [0.05, 0.1) is 28.4 Å². The molecule has 1 N–H and O–H groups in total. The summed E-state index contributed by atoms with van der Waals surface area (Å²) in [4.78, 5) is 33.0. The third kappa shape index (κ3) is 4.10. The van der Waals surface area contributed by atoms with Crippen LogP contribution in [0.2, 0.25) is 5.02 Å². The third-order valence-electron chi connectivity index (χ3n) is 6.67. The van der Waals surface area contributed by atoms with Gasteiger partial charge in [-0.15, -0.1) is 0 Å². The van der Waals surface area contributed by atoms with Gasteiger partial charge < -0.3 is 14.6 Å². The van der Waals surface area contributed by atoms with Gasteiger partial charge >= 0.3 is 5.91 Å². The lowest BCUT2D eigenvalue weighted by atomic mass is 9.94. The van der Waals surface area contributed by atoms with Crippen LogP contribution in [-0.4, -0.2) is 34.5 Å². The quantitative estimate of drug-likeness (QED) is 0.179. The number of aliphatic hydroxyl groups excluding tert-OH is 1. The van der Waals surface area contributed by atoms with Crippen LogP contribution in [0.15, 0.2) is 66.2 Å². The van der Waals surface area contributed by atoms with E-state index in [0.717, 1.165) is 16.0 Å². The number of halogens is 1. The zero-order valence-corrected chi connectivity index (χ0v) is 22.2. The summed E-state index contributed by atoms with van der Waals surface area (Å²) in [5.41, 5.74) is 2.70.